The zero-order chi connectivity index (χ0) is 22.9. The third-order valence-corrected chi connectivity index (χ3v) is 6.16. The third kappa shape index (κ3) is 4.23. The van der Waals surface area contributed by atoms with Gasteiger partial charge in [0, 0.05) is 32.6 Å². The maximum Gasteiger partial charge on any atom is 0.309 e. The monoisotopic (exact) mass is 449 g/mol. The van der Waals surface area contributed by atoms with Gasteiger partial charge in [-0.3, -0.25) is 14.7 Å². The molecule has 2 aromatic carbocycles. The second-order valence-electron chi connectivity index (χ2n) is 8.40. The second-order valence-corrected chi connectivity index (χ2v) is 8.40. The minimum absolute atomic E-state index is 0.0970. The summed E-state index contributed by atoms with van der Waals surface area (Å²) in [6, 6.07) is 15.1. The van der Waals surface area contributed by atoms with Crippen molar-refractivity contribution in [2.75, 3.05) is 19.6 Å². The summed E-state index contributed by atoms with van der Waals surface area (Å²) >= 11 is 0. The van der Waals surface area contributed by atoms with Gasteiger partial charge in [-0.05, 0) is 30.2 Å². The normalized spacial score (nSPS) is 18.9. The van der Waals surface area contributed by atoms with Crippen LogP contribution >= 0.6 is 0 Å². The zero-order valence-electron chi connectivity index (χ0n) is 18.2. The van der Waals surface area contributed by atoms with Crippen molar-refractivity contribution in [2.45, 2.75) is 25.9 Å². The van der Waals surface area contributed by atoms with Gasteiger partial charge in [0.2, 0.25) is 5.82 Å². The molecule has 0 saturated carbocycles. The largest absolute Gasteiger partial charge is 0.481 e. The number of nitrogens with zero attached hydrogens (tertiary/aromatic N) is 5. The minimum atomic E-state index is -0.787. The Hall–Kier alpha value is -3.59. The molecule has 1 saturated heterocycles. The standard InChI is InChI=1S/C24H24FN5O3/c1-2-30-21(16-6-4-3-5-7-16)11-20(27-30)23-26-22(28-33-23)18-9-8-15(10-19(18)25)12-29-13-17(14-29)24(31)32/h3-10,17,21H,2,11-14H2,1H3,(H,31,32). The fourth-order valence-electron chi connectivity index (χ4n) is 4.34. The Bertz CT molecular complexity index is 1190. The van der Waals surface area contributed by atoms with Crippen molar-refractivity contribution in [1.29, 1.82) is 0 Å². The van der Waals surface area contributed by atoms with E-state index in [4.69, 9.17) is 9.63 Å². The zero-order valence-corrected chi connectivity index (χ0v) is 18.2. The molecule has 0 spiro atoms. The van der Waals surface area contributed by atoms with Gasteiger partial charge in [0.05, 0.1) is 17.5 Å². The molecule has 33 heavy (non-hydrogen) atoms. The molecule has 9 heteroatoms. The Labute approximate surface area is 190 Å². The van der Waals surface area contributed by atoms with Crippen molar-refractivity contribution in [3.63, 3.8) is 0 Å². The first-order valence-electron chi connectivity index (χ1n) is 11.0. The topological polar surface area (TPSA) is 95.1 Å². The Balaban J connectivity index is 1.29. The molecule has 8 nitrogen and oxygen atoms in total. The molecular weight excluding hydrogens is 425 g/mol. The van der Waals surface area contributed by atoms with Crippen molar-refractivity contribution >= 4 is 11.7 Å². The smallest absolute Gasteiger partial charge is 0.309 e. The van der Waals surface area contributed by atoms with E-state index in [0.717, 1.165) is 17.7 Å². The van der Waals surface area contributed by atoms with E-state index in [2.05, 4.69) is 27.4 Å². The van der Waals surface area contributed by atoms with Crippen LogP contribution in [0.25, 0.3) is 11.4 Å². The molecule has 3 aromatic rings. The van der Waals surface area contributed by atoms with E-state index in [-0.39, 0.29) is 23.3 Å². The summed E-state index contributed by atoms with van der Waals surface area (Å²) in [5, 5.41) is 19.6. The van der Waals surface area contributed by atoms with Crippen LogP contribution in [0.3, 0.4) is 0 Å². The lowest BCUT2D eigenvalue weighted by Gasteiger charge is -2.36. The molecule has 0 aliphatic carbocycles. The summed E-state index contributed by atoms with van der Waals surface area (Å²) in [5.41, 5.74) is 2.88. The van der Waals surface area contributed by atoms with Crippen LogP contribution in [-0.2, 0) is 11.3 Å². The number of hydrazone groups is 1. The maximum absolute atomic E-state index is 14.8. The van der Waals surface area contributed by atoms with Crippen LogP contribution in [0.5, 0.6) is 0 Å². The molecule has 1 atom stereocenters. The average Bonchev–Trinajstić information content (AvgIpc) is 3.43. The molecular formula is C24H24FN5O3. The van der Waals surface area contributed by atoms with E-state index < -0.39 is 11.8 Å². The average molecular weight is 449 g/mol. The Morgan fingerprint density at radius 3 is 2.70 bits per heavy atom. The molecule has 0 bridgehead atoms. The highest BCUT2D eigenvalue weighted by Crippen LogP contribution is 2.32. The van der Waals surface area contributed by atoms with Gasteiger partial charge in [0.25, 0.3) is 5.89 Å². The lowest BCUT2D eigenvalue weighted by molar-refractivity contribution is -0.147. The van der Waals surface area contributed by atoms with E-state index in [1.165, 1.54) is 6.07 Å². The molecule has 3 heterocycles. The van der Waals surface area contributed by atoms with Gasteiger partial charge >= 0.3 is 5.97 Å². The number of hydrogen-bond acceptors (Lipinski definition) is 7. The number of benzene rings is 2. The van der Waals surface area contributed by atoms with E-state index in [0.29, 0.717) is 37.7 Å². The number of rotatable bonds is 7. The molecule has 1 fully saturated rings. The van der Waals surface area contributed by atoms with Crippen molar-refractivity contribution in [2.24, 2.45) is 11.0 Å². The van der Waals surface area contributed by atoms with E-state index in [1.807, 2.05) is 35.0 Å². The van der Waals surface area contributed by atoms with Crippen LogP contribution in [0.1, 0.15) is 36.4 Å². The number of halogens is 1. The third-order valence-electron chi connectivity index (χ3n) is 6.16. The first-order chi connectivity index (χ1) is 16.0. The molecule has 1 N–H and O–H groups in total. The first-order valence-corrected chi connectivity index (χ1v) is 11.0. The van der Waals surface area contributed by atoms with Crippen LogP contribution in [0.15, 0.2) is 58.2 Å². The number of hydrogen-bond donors (Lipinski definition) is 1. The van der Waals surface area contributed by atoms with Gasteiger partial charge in [-0.15, -0.1) is 0 Å². The molecule has 0 radical (unpaired) electrons. The van der Waals surface area contributed by atoms with Gasteiger partial charge in [0.15, 0.2) is 0 Å². The summed E-state index contributed by atoms with van der Waals surface area (Å²) in [6.07, 6.45) is 0.633. The summed E-state index contributed by atoms with van der Waals surface area (Å²) in [4.78, 5) is 17.3. The Morgan fingerprint density at radius 2 is 2.00 bits per heavy atom. The van der Waals surface area contributed by atoms with E-state index in [9.17, 15) is 9.18 Å². The van der Waals surface area contributed by atoms with Crippen LogP contribution < -0.4 is 0 Å². The molecule has 0 amide bonds. The van der Waals surface area contributed by atoms with Gasteiger partial charge in [0.1, 0.15) is 11.5 Å². The lowest BCUT2D eigenvalue weighted by atomic mass is 9.99. The number of aromatic nitrogens is 2. The molecule has 1 aromatic heterocycles. The van der Waals surface area contributed by atoms with Crippen molar-refractivity contribution < 1.29 is 18.8 Å². The van der Waals surface area contributed by atoms with Gasteiger partial charge in [-0.1, -0.05) is 41.6 Å². The van der Waals surface area contributed by atoms with Crippen molar-refractivity contribution in [1.82, 2.24) is 20.0 Å². The van der Waals surface area contributed by atoms with Crippen molar-refractivity contribution in [3.05, 3.63) is 71.4 Å². The SMILES string of the molecule is CCN1N=C(c2nc(-c3ccc(CN4CC(C(=O)O)C4)cc3F)no2)CC1c1ccccc1. The number of carbonyl (C=O) groups is 1. The van der Waals surface area contributed by atoms with Gasteiger partial charge in [-0.25, -0.2) is 4.39 Å². The number of likely N-dealkylation sites (tertiary alicyclic amines) is 1. The molecule has 2 aliphatic heterocycles. The summed E-state index contributed by atoms with van der Waals surface area (Å²) in [5.74, 6) is -1.09. The van der Waals surface area contributed by atoms with Crippen LogP contribution in [-0.4, -0.2) is 56.5 Å². The highest BCUT2D eigenvalue weighted by molar-refractivity contribution is 5.98. The molecule has 5 rings (SSSR count). The Kier molecular flexibility index (Phi) is 5.63. The number of aliphatic carboxylic acids is 1. The number of carboxylic acid groups (broad SMARTS) is 1. The van der Waals surface area contributed by atoms with Crippen LogP contribution in [0.4, 0.5) is 4.39 Å². The second kappa shape index (κ2) is 8.74. The molecule has 170 valence electrons. The fourth-order valence-corrected chi connectivity index (χ4v) is 4.34. The predicted octanol–water partition coefficient (Wildman–Crippen LogP) is 3.56. The van der Waals surface area contributed by atoms with Crippen LogP contribution in [0.2, 0.25) is 0 Å². The predicted molar refractivity (Wildman–Crippen MR) is 119 cm³/mol. The minimum Gasteiger partial charge on any atom is -0.481 e. The first kappa shape index (κ1) is 21.3. The lowest BCUT2D eigenvalue weighted by Crippen LogP contribution is -2.49. The van der Waals surface area contributed by atoms with E-state index >= 15 is 0 Å². The Morgan fingerprint density at radius 1 is 1.21 bits per heavy atom. The van der Waals surface area contributed by atoms with Gasteiger partial charge in [-0.2, -0.15) is 10.1 Å². The molecule has 2 aliphatic rings. The van der Waals surface area contributed by atoms with Crippen LogP contribution in [0, 0.1) is 11.7 Å². The highest BCUT2D eigenvalue weighted by Gasteiger charge is 2.33. The quantitative estimate of drug-likeness (QED) is 0.589. The summed E-state index contributed by atoms with van der Waals surface area (Å²) in [6.45, 7) is 4.25. The highest BCUT2D eigenvalue weighted by atomic mass is 19.1. The maximum atomic E-state index is 14.8. The summed E-state index contributed by atoms with van der Waals surface area (Å²) < 4.78 is 20.3. The van der Waals surface area contributed by atoms with Crippen molar-refractivity contribution in [3.8, 4) is 11.4 Å². The summed E-state index contributed by atoms with van der Waals surface area (Å²) in [7, 11) is 0. The molecule has 1 unspecified atom stereocenters. The van der Waals surface area contributed by atoms with E-state index in [1.54, 1.807) is 12.1 Å². The number of carboxylic acids is 1. The fraction of sp³-hybridized carbons (Fsp3) is 0.333. The van der Waals surface area contributed by atoms with Gasteiger partial charge < -0.3 is 9.63 Å².